The number of rotatable bonds is 24. The molecule has 2 N–H and O–H groups in total. The fourth-order valence-electron chi connectivity index (χ4n) is 3.36. The molecule has 0 aliphatic rings. The molecule has 0 spiro atoms. The summed E-state index contributed by atoms with van der Waals surface area (Å²) in [4.78, 5) is 64.2. The molecule has 0 saturated carbocycles. The molecular weight excluding hydrogens is 486 g/mol. The van der Waals surface area contributed by atoms with Gasteiger partial charge >= 0.3 is 11.9 Å². The standard InChI is InChI=1S/C25H39N3O9/c29-19-34-13-5-1-3-7-15-36-24(32)12-10-22(28-23(31)11-9-21-17-26-18-27-21)25(33)37-16-8-4-2-6-14-35-20-30/h17-20,22H,1-16H2,(H,26,27)(H,28,31). The SMILES string of the molecule is O=COCCCCCCOC(=O)CCC(NC(=O)CCc1cnc[nH]1)C(=O)OCCCCCCOC=O. The smallest absolute Gasteiger partial charge is 0.328 e. The Morgan fingerprint density at radius 1 is 0.838 bits per heavy atom. The number of nitrogens with zero attached hydrogens (tertiary/aromatic N) is 1. The van der Waals surface area contributed by atoms with E-state index in [4.69, 9.17) is 9.47 Å². The second-order valence-corrected chi connectivity index (χ2v) is 8.39. The maximum absolute atomic E-state index is 12.6. The summed E-state index contributed by atoms with van der Waals surface area (Å²) in [5, 5.41) is 2.67. The maximum atomic E-state index is 12.6. The lowest BCUT2D eigenvalue weighted by Gasteiger charge is -2.17. The van der Waals surface area contributed by atoms with Gasteiger partial charge in [-0.25, -0.2) is 9.78 Å². The third kappa shape index (κ3) is 17.6. The molecule has 0 bridgehead atoms. The zero-order valence-corrected chi connectivity index (χ0v) is 21.3. The van der Waals surface area contributed by atoms with Gasteiger partial charge < -0.3 is 29.2 Å². The van der Waals surface area contributed by atoms with Crippen molar-refractivity contribution in [3.8, 4) is 0 Å². The summed E-state index contributed by atoms with van der Waals surface area (Å²) in [5.74, 6) is -1.38. The van der Waals surface area contributed by atoms with Gasteiger partial charge in [0.2, 0.25) is 5.91 Å². The minimum Gasteiger partial charge on any atom is -0.468 e. The van der Waals surface area contributed by atoms with Gasteiger partial charge in [-0.2, -0.15) is 0 Å². The van der Waals surface area contributed by atoms with Crippen LogP contribution in [0.25, 0.3) is 0 Å². The molecule has 0 aromatic carbocycles. The van der Waals surface area contributed by atoms with Crippen molar-refractivity contribution in [3.63, 3.8) is 0 Å². The molecule has 0 radical (unpaired) electrons. The Morgan fingerprint density at radius 2 is 1.43 bits per heavy atom. The number of carbonyl (C=O) groups excluding carboxylic acids is 5. The highest BCUT2D eigenvalue weighted by Gasteiger charge is 2.23. The van der Waals surface area contributed by atoms with Crippen molar-refractivity contribution in [1.29, 1.82) is 0 Å². The Kier molecular flexibility index (Phi) is 18.6. The first-order valence-corrected chi connectivity index (χ1v) is 12.8. The topological polar surface area (TPSA) is 163 Å². The van der Waals surface area contributed by atoms with Gasteiger partial charge in [-0.3, -0.25) is 19.2 Å². The summed E-state index contributed by atoms with van der Waals surface area (Å²) in [6, 6.07) is -0.958. The molecule has 208 valence electrons. The number of esters is 2. The lowest BCUT2D eigenvalue weighted by Crippen LogP contribution is -2.42. The first kappa shape index (κ1) is 31.6. The Morgan fingerprint density at radius 3 is 2.00 bits per heavy atom. The molecule has 1 atom stereocenters. The molecule has 0 fully saturated rings. The molecule has 1 amide bonds. The predicted octanol–water partition coefficient (Wildman–Crippen LogP) is 2.16. The third-order valence-electron chi connectivity index (χ3n) is 5.39. The van der Waals surface area contributed by atoms with E-state index >= 15 is 0 Å². The molecule has 1 heterocycles. The van der Waals surface area contributed by atoms with Gasteiger partial charge in [0.1, 0.15) is 6.04 Å². The second kappa shape index (κ2) is 21.8. The number of hydrogen-bond acceptors (Lipinski definition) is 10. The number of hydrogen-bond donors (Lipinski definition) is 2. The van der Waals surface area contributed by atoms with Crippen molar-refractivity contribution in [1.82, 2.24) is 15.3 Å². The van der Waals surface area contributed by atoms with E-state index in [2.05, 4.69) is 24.8 Å². The number of aromatic nitrogens is 2. The maximum Gasteiger partial charge on any atom is 0.328 e. The average Bonchev–Trinajstić information content (AvgIpc) is 3.42. The van der Waals surface area contributed by atoms with Crippen LogP contribution in [0.15, 0.2) is 12.5 Å². The molecule has 12 heteroatoms. The van der Waals surface area contributed by atoms with Gasteiger partial charge in [0.05, 0.1) is 32.8 Å². The van der Waals surface area contributed by atoms with E-state index in [-0.39, 0.29) is 38.4 Å². The van der Waals surface area contributed by atoms with Crippen LogP contribution in [-0.2, 0) is 49.3 Å². The second-order valence-electron chi connectivity index (χ2n) is 8.39. The van der Waals surface area contributed by atoms with Gasteiger partial charge in [0.15, 0.2) is 0 Å². The Hall–Kier alpha value is -3.44. The molecular formula is C25H39N3O9. The van der Waals surface area contributed by atoms with Crippen molar-refractivity contribution in [2.24, 2.45) is 0 Å². The van der Waals surface area contributed by atoms with E-state index in [1.807, 2.05) is 0 Å². The van der Waals surface area contributed by atoms with Gasteiger partial charge in [-0.05, 0) is 64.2 Å². The Labute approximate surface area is 217 Å². The van der Waals surface area contributed by atoms with Crippen LogP contribution in [0.3, 0.4) is 0 Å². The molecule has 1 unspecified atom stereocenters. The normalized spacial score (nSPS) is 11.2. The van der Waals surface area contributed by atoms with Gasteiger partial charge in [0, 0.05) is 24.7 Å². The zero-order chi connectivity index (χ0) is 27.0. The number of H-pyrrole nitrogens is 1. The largest absolute Gasteiger partial charge is 0.468 e. The zero-order valence-electron chi connectivity index (χ0n) is 21.3. The minimum atomic E-state index is -0.958. The van der Waals surface area contributed by atoms with Gasteiger partial charge in [-0.1, -0.05) is 0 Å². The fraction of sp³-hybridized carbons (Fsp3) is 0.680. The highest BCUT2D eigenvalue weighted by molar-refractivity contribution is 5.85. The summed E-state index contributed by atoms with van der Waals surface area (Å²) in [6.07, 6.45) is 9.90. The molecule has 12 nitrogen and oxygen atoms in total. The van der Waals surface area contributed by atoms with E-state index in [0.717, 1.165) is 44.2 Å². The molecule has 0 saturated heterocycles. The summed E-state index contributed by atoms with van der Waals surface area (Å²) < 4.78 is 19.8. The van der Waals surface area contributed by atoms with E-state index < -0.39 is 18.0 Å². The highest BCUT2D eigenvalue weighted by atomic mass is 16.5. The molecule has 1 aromatic heterocycles. The molecule has 0 aliphatic carbocycles. The van der Waals surface area contributed by atoms with Gasteiger partial charge in [-0.15, -0.1) is 0 Å². The number of nitrogens with one attached hydrogen (secondary N) is 2. The molecule has 1 rings (SSSR count). The van der Waals surface area contributed by atoms with Gasteiger partial charge in [0.25, 0.3) is 12.9 Å². The summed E-state index contributed by atoms with van der Waals surface area (Å²) >= 11 is 0. The van der Waals surface area contributed by atoms with Crippen molar-refractivity contribution < 1.29 is 42.9 Å². The highest BCUT2D eigenvalue weighted by Crippen LogP contribution is 2.07. The predicted molar refractivity (Wildman–Crippen MR) is 131 cm³/mol. The lowest BCUT2D eigenvalue weighted by molar-refractivity contribution is -0.149. The number of carbonyl (C=O) groups is 5. The molecule has 1 aromatic rings. The van der Waals surface area contributed by atoms with E-state index in [0.29, 0.717) is 45.4 Å². The molecule has 37 heavy (non-hydrogen) atoms. The Balaban J connectivity index is 2.37. The summed E-state index contributed by atoms with van der Waals surface area (Å²) in [6.45, 7) is 2.03. The number of unbranched alkanes of at least 4 members (excludes halogenated alkanes) is 6. The monoisotopic (exact) mass is 525 g/mol. The lowest BCUT2D eigenvalue weighted by atomic mass is 10.1. The summed E-state index contributed by atoms with van der Waals surface area (Å²) in [5.41, 5.74) is 0.799. The van der Waals surface area contributed by atoms with Crippen molar-refractivity contribution in [2.45, 2.75) is 83.1 Å². The number of aryl methyl sites for hydroxylation is 1. The number of aromatic amines is 1. The van der Waals surface area contributed by atoms with Crippen LogP contribution < -0.4 is 5.32 Å². The van der Waals surface area contributed by atoms with Crippen LogP contribution in [-0.4, -0.2) is 73.2 Å². The van der Waals surface area contributed by atoms with Crippen molar-refractivity contribution >= 4 is 30.8 Å². The first-order chi connectivity index (χ1) is 18.1. The van der Waals surface area contributed by atoms with Crippen LogP contribution in [0.1, 0.15) is 76.3 Å². The molecule has 0 aliphatic heterocycles. The fourth-order valence-corrected chi connectivity index (χ4v) is 3.36. The van der Waals surface area contributed by atoms with E-state index in [1.54, 1.807) is 6.20 Å². The number of imidazole rings is 1. The van der Waals surface area contributed by atoms with Crippen LogP contribution in [0.5, 0.6) is 0 Å². The van der Waals surface area contributed by atoms with Crippen molar-refractivity contribution in [2.75, 3.05) is 26.4 Å². The third-order valence-corrected chi connectivity index (χ3v) is 5.39. The van der Waals surface area contributed by atoms with Crippen LogP contribution in [0.2, 0.25) is 0 Å². The van der Waals surface area contributed by atoms with Crippen LogP contribution in [0, 0.1) is 0 Å². The Bertz CT molecular complexity index is 771. The minimum absolute atomic E-state index is 0.0372. The number of amides is 1. The van der Waals surface area contributed by atoms with Crippen LogP contribution >= 0.6 is 0 Å². The summed E-state index contributed by atoms with van der Waals surface area (Å²) in [7, 11) is 0. The van der Waals surface area contributed by atoms with Crippen LogP contribution in [0.4, 0.5) is 0 Å². The average molecular weight is 526 g/mol. The van der Waals surface area contributed by atoms with E-state index in [1.165, 1.54) is 6.33 Å². The first-order valence-electron chi connectivity index (χ1n) is 12.8. The quantitative estimate of drug-likeness (QED) is 0.0885. The number of ether oxygens (including phenoxy) is 4. The van der Waals surface area contributed by atoms with Crippen molar-refractivity contribution in [3.05, 3.63) is 18.2 Å². The van der Waals surface area contributed by atoms with E-state index in [9.17, 15) is 24.0 Å².